The highest BCUT2D eigenvalue weighted by Gasteiger charge is 2.07. The zero-order valence-electron chi connectivity index (χ0n) is 10.3. The third-order valence-corrected chi connectivity index (χ3v) is 3.39. The Labute approximate surface area is 116 Å². The van der Waals surface area contributed by atoms with Crippen molar-refractivity contribution in [2.24, 2.45) is 0 Å². The monoisotopic (exact) mass is 288 g/mol. The van der Waals surface area contributed by atoms with Gasteiger partial charge >= 0.3 is 5.97 Å². The number of aromatic carboxylic acids is 1. The maximum atomic E-state index is 10.7. The van der Waals surface area contributed by atoms with E-state index in [1.165, 1.54) is 30.9 Å². The third-order valence-electron chi connectivity index (χ3n) is 2.41. The van der Waals surface area contributed by atoms with Crippen LogP contribution < -0.4 is 5.32 Å². The maximum Gasteiger partial charge on any atom is 0.337 e. The Balaban J connectivity index is 2.36. The normalized spacial score (nSPS) is 10.3. The first-order chi connectivity index (χ1) is 8.65. The molecular formula is C12H17ClN2O2S. The molecule has 0 atom stereocenters. The first-order valence-electron chi connectivity index (χ1n) is 5.77. The van der Waals surface area contributed by atoms with Gasteiger partial charge in [-0.1, -0.05) is 18.0 Å². The van der Waals surface area contributed by atoms with Gasteiger partial charge in [0.05, 0.1) is 10.6 Å². The van der Waals surface area contributed by atoms with Crippen molar-refractivity contribution in [3.8, 4) is 0 Å². The number of hydrogen-bond acceptors (Lipinski definition) is 4. The average Bonchev–Trinajstić information content (AvgIpc) is 2.35. The standard InChI is InChI=1S/C12H17ClN2O2S/c1-18-6-4-2-3-5-14-11-10(13)7-9(8-15-11)12(16)17/h7-8H,2-6H2,1H3,(H,14,15)(H,16,17). The number of carboxylic acid groups (broad SMARTS) is 1. The van der Waals surface area contributed by atoms with Gasteiger partial charge in [-0.3, -0.25) is 0 Å². The van der Waals surface area contributed by atoms with E-state index >= 15 is 0 Å². The van der Waals surface area contributed by atoms with E-state index in [9.17, 15) is 4.79 Å². The van der Waals surface area contributed by atoms with Crippen molar-refractivity contribution in [3.63, 3.8) is 0 Å². The molecule has 0 spiro atoms. The van der Waals surface area contributed by atoms with E-state index in [0.717, 1.165) is 13.0 Å². The molecular weight excluding hydrogens is 272 g/mol. The Kier molecular flexibility index (Phi) is 6.90. The Morgan fingerprint density at radius 2 is 2.28 bits per heavy atom. The second-order valence-electron chi connectivity index (χ2n) is 3.84. The number of nitrogens with zero attached hydrogens (tertiary/aromatic N) is 1. The Hall–Kier alpha value is -0.940. The number of thioether (sulfide) groups is 1. The van der Waals surface area contributed by atoms with Crippen LogP contribution in [0.3, 0.4) is 0 Å². The summed E-state index contributed by atoms with van der Waals surface area (Å²) in [6.07, 6.45) is 6.84. The van der Waals surface area contributed by atoms with Crippen molar-refractivity contribution in [1.82, 2.24) is 4.98 Å². The van der Waals surface area contributed by atoms with E-state index in [1.54, 1.807) is 0 Å². The van der Waals surface area contributed by atoms with Crippen LogP contribution in [0.25, 0.3) is 0 Å². The molecule has 0 amide bonds. The van der Waals surface area contributed by atoms with Gasteiger partial charge in [-0.25, -0.2) is 9.78 Å². The van der Waals surface area contributed by atoms with Crippen molar-refractivity contribution >= 4 is 35.1 Å². The van der Waals surface area contributed by atoms with Gasteiger partial charge in [-0.15, -0.1) is 0 Å². The molecule has 0 saturated heterocycles. The Bertz CT molecular complexity index is 402. The van der Waals surface area contributed by atoms with Crippen LogP contribution in [0, 0.1) is 0 Å². The molecule has 100 valence electrons. The fraction of sp³-hybridized carbons (Fsp3) is 0.500. The zero-order chi connectivity index (χ0) is 13.4. The van der Waals surface area contributed by atoms with Gasteiger partial charge in [0.15, 0.2) is 0 Å². The number of halogens is 1. The van der Waals surface area contributed by atoms with Gasteiger partial charge in [-0.05, 0) is 30.9 Å². The lowest BCUT2D eigenvalue weighted by Crippen LogP contribution is -2.05. The molecule has 0 fully saturated rings. The zero-order valence-corrected chi connectivity index (χ0v) is 11.9. The summed E-state index contributed by atoms with van der Waals surface area (Å²) < 4.78 is 0. The van der Waals surface area contributed by atoms with Crippen LogP contribution in [0.1, 0.15) is 29.6 Å². The second kappa shape index (κ2) is 8.21. The van der Waals surface area contributed by atoms with E-state index in [2.05, 4.69) is 16.6 Å². The van der Waals surface area contributed by atoms with Gasteiger partial charge in [0.25, 0.3) is 0 Å². The number of anilines is 1. The van der Waals surface area contributed by atoms with Crippen LogP contribution in [0.5, 0.6) is 0 Å². The molecule has 18 heavy (non-hydrogen) atoms. The highest BCUT2D eigenvalue weighted by atomic mass is 35.5. The predicted octanol–water partition coefficient (Wildman–Crippen LogP) is 3.38. The number of unbranched alkanes of at least 4 members (excludes halogenated alkanes) is 2. The van der Waals surface area contributed by atoms with Gasteiger partial charge < -0.3 is 10.4 Å². The van der Waals surface area contributed by atoms with E-state index in [0.29, 0.717) is 10.8 Å². The Morgan fingerprint density at radius 3 is 2.89 bits per heavy atom. The second-order valence-corrected chi connectivity index (χ2v) is 5.23. The van der Waals surface area contributed by atoms with E-state index < -0.39 is 5.97 Å². The number of aromatic nitrogens is 1. The molecule has 1 rings (SSSR count). The van der Waals surface area contributed by atoms with Crippen LogP contribution in [-0.4, -0.2) is 34.6 Å². The molecule has 1 aromatic rings. The maximum absolute atomic E-state index is 10.7. The molecule has 0 unspecified atom stereocenters. The van der Waals surface area contributed by atoms with Crippen LogP contribution >= 0.6 is 23.4 Å². The number of carboxylic acids is 1. The summed E-state index contributed by atoms with van der Waals surface area (Å²) >= 11 is 7.80. The van der Waals surface area contributed by atoms with E-state index in [1.807, 2.05) is 11.8 Å². The van der Waals surface area contributed by atoms with Crippen molar-refractivity contribution in [1.29, 1.82) is 0 Å². The molecule has 0 aliphatic heterocycles. The molecule has 2 N–H and O–H groups in total. The molecule has 1 aromatic heterocycles. The van der Waals surface area contributed by atoms with Crippen molar-refractivity contribution in [2.75, 3.05) is 23.9 Å². The van der Waals surface area contributed by atoms with Gasteiger partial charge in [-0.2, -0.15) is 11.8 Å². The summed E-state index contributed by atoms with van der Waals surface area (Å²) in [6.45, 7) is 0.799. The first-order valence-corrected chi connectivity index (χ1v) is 7.54. The van der Waals surface area contributed by atoms with Crippen LogP contribution in [0.15, 0.2) is 12.3 Å². The lowest BCUT2D eigenvalue weighted by molar-refractivity contribution is 0.0696. The molecule has 0 saturated carbocycles. The highest BCUT2D eigenvalue weighted by Crippen LogP contribution is 2.20. The SMILES string of the molecule is CSCCCCCNc1ncc(C(=O)O)cc1Cl. The van der Waals surface area contributed by atoms with Crippen molar-refractivity contribution < 1.29 is 9.90 Å². The minimum absolute atomic E-state index is 0.102. The minimum Gasteiger partial charge on any atom is -0.478 e. The summed E-state index contributed by atoms with van der Waals surface area (Å²) in [6, 6.07) is 1.41. The third kappa shape index (κ3) is 5.14. The van der Waals surface area contributed by atoms with Gasteiger partial charge in [0.2, 0.25) is 0 Å². The lowest BCUT2D eigenvalue weighted by atomic mass is 10.2. The quantitative estimate of drug-likeness (QED) is 0.718. The van der Waals surface area contributed by atoms with E-state index in [-0.39, 0.29) is 5.56 Å². The number of pyridine rings is 1. The number of nitrogens with one attached hydrogen (secondary N) is 1. The van der Waals surface area contributed by atoms with Crippen molar-refractivity contribution in [2.45, 2.75) is 19.3 Å². The molecule has 0 radical (unpaired) electrons. The number of carbonyl (C=O) groups is 1. The van der Waals surface area contributed by atoms with Gasteiger partial charge in [0.1, 0.15) is 5.82 Å². The molecule has 0 aliphatic carbocycles. The smallest absolute Gasteiger partial charge is 0.337 e. The number of hydrogen-bond donors (Lipinski definition) is 2. The van der Waals surface area contributed by atoms with Crippen molar-refractivity contribution in [3.05, 3.63) is 22.8 Å². The Morgan fingerprint density at radius 1 is 1.50 bits per heavy atom. The fourth-order valence-electron chi connectivity index (χ4n) is 1.44. The lowest BCUT2D eigenvalue weighted by Gasteiger charge is -2.07. The van der Waals surface area contributed by atoms with Gasteiger partial charge in [0, 0.05) is 12.7 Å². The van der Waals surface area contributed by atoms with Crippen LogP contribution in [0.4, 0.5) is 5.82 Å². The average molecular weight is 289 g/mol. The topological polar surface area (TPSA) is 62.2 Å². The summed E-state index contributed by atoms with van der Waals surface area (Å²) in [4.78, 5) is 14.7. The van der Waals surface area contributed by atoms with E-state index in [4.69, 9.17) is 16.7 Å². The first kappa shape index (κ1) is 15.1. The summed E-state index contributed by atoms with van der Waals surface area (Å²) in [7, 11) is 0. The molecule has 0 aromatic carbocycles. The fourth-order valence-corrected chi connectivity index (χ4v) is 2.17. The van der Waals surface area contributed by atoms with Crippen LogP contribution in [-0.2, 0) is 0 Å². The molecule has 0 aliphatic rings. The largest absolute Gasteiger partial charge is 0.478 e. The number of rotatable bonds is 8. The minimum atomic E-state index is -1.02. The predicted molar refractivity (Wildman–Crippen MR) is 76.9 cm³/mol. The summed E-state index contributed by atoms with van der Waals surface area (Å²) in [5, 5.41) is 12.2. The van der Waals surface area contributed by atoms with Crippen LogP contribution in [0.2, 0.25) is 5.02 Å². The molecule has 1 heterocycles. The summed E-state index contributed by atoms with van der Waals surface area (Å²) in [5.41, 5.74) is 0.102. The summed E-state index contributed by atoms with van der Waals surface area (Å²) in [5.74, 6) is 0.714. The molecule has 0 bridgehead atoms. The highest BCUT2D eigenvalue weighted by molar-refractivity contribution is 7.98. The molecule has 6 heteroatoms. The molecule has 4 nitrogen and oxygen atoms in total.